The third-order valence-electron chi connectivity index (χ3n) is 3.53. The molecule has 2 rings (SSSR count). The van der Waals surface area contributed by atoms with Crippen molar-refractivity contribution < 1.29 is 17.2 Å². The Morgan fingerprint density at radius 3 is 2.52 bits per heavy atom. The first-order chi connectivity index (χ1) is 10.8. The minimum absolute atomic E-state index is 0.0595. The van der Waals surface area contributed by atoms with Gasteiger partial charge in [0.15, 0.2) is 11.6 Å². The molecule has 3 N–H and O–H groups in total. The van der Waals surface area contributed by atoms with Gasteiger partial charge in [0.1, 0.15) is 0 Å². The fourth-order valence-electron chi connectivity index (χ4n) is 2.21. The minimum atomic E-state index is -3.74. The van der Waals surface area contributed by atoms with Gasteiger partial charge in [0, 0.05) is 6.04 Å². The Morgan fingerprint density at radius 2 is 1.87 bits per heavy atom. The molecule has 0 fully saturated rings. The van der Waals surface area contributed by atoms with Crippen LogP contribution in [0.4, 0.5) is 8.78 Å². The van der Waals surface area contributed by atoms with Gasteiger partial charge in [-0.25, -0.2) is 22.3 Å². The fourth-order valence-corrected chi connectivity index (χ4v) is 2.78. The summed E-state index contributed by atoms with van der Waals surface area (Å²) in [5.74, 6) is -1.73. The third kappa shape index (κ3) is 4.82. The van der Waals surface area contributed by atoms with Gasteiger partial charge in [-0.2, -0.15) is 0 Å². The number of hydrogen-bond donors (Lipinski definition) is 2. The van der Waals surface area contributed by atoms with Crippen LogP contribution >= 0.6 is 0 Å². The lowest BCUT2D eigenvalue weighted by Crippen LogP contribution is -2.22. The van der Waals surface area contributed by atoms with E-state index < -0.39 is 21.7 Å². The molecule has 0 aliphatic heterocycles. The van der Waals surface area contributed by atoms with Crippen molar-refractivity contribution >= 4 is 10.0 Å². The quantitative estimate of drug-likeness (QED) is 0.849. The van der Waals surface area contributed by atoms with Crippen molar-refractivity contribution in [2.45, 2.75) is 24.3 Å². The van der Waals surface area contributed by atoms with E-state index in [1.54, 1.807) is 12.1 Å². The molecule has 23 heavy (non-hydrogen) atoms. The highest BCUT2D eigenvalue weighted by molar-refractivity contribution is 7.89. The van der Waals surface area contributed by atoms with Crippen molar-refractivity contribution in [3.8, 4) is 0 Å². The summed E-state index contributed by atoms with van der Waals surface area (Å²) in [6, 6.07) is 10.1. The molecule has 0 heterocycles. The van der Waals surface area contributed by atoms with Crippen LogP contribution in [-0.2, 0) is 16.4 Å². The molecule has 4 nitrogen and oxygen atoms in total. The molecule has 0 amide bonds. The van der Waals surface area contributed by atoms with E-state index in [2.05, 4.69) is 5.32 Å². The lowest BCUT2D eigenvalue weighted by molar-refractivity contribution is 0.506. The van der Waals surface area contributed by atoms with Crippen LogP contribution in [-0.4, -0.2) is 15.0 Å². The molecule has 0 radical (unpaired) electrons. The zero-order valence-electron chi connectivity index (χ0n) is 12.6. The maximum atomic E-state index is 13.1. The molecule has 0 spiro atoms. The van der Waals surface area contributed by atoms with E-state index in [0.717, 1.165) is 11.6 Å². The van der Waals surface area contributed by atoms with E-state index >= 15 is 0 Å². The molecule has 0 aliphatic rings. The monoisotopic (exact) mass is 340 g/mol. The predicted molar refractivity (Wildman–Crippen MR) is 84.3 cm³/mol. The first kappa shape index (κ1) is 17.5. The number of halogens is 2. The van der Waals surface area contributed by atoms with Gasteiger partial charge in [-0.15, -0.1) is 0 Å². The highest BCUT2D eigenvalue weighted by Gasteiger charge is 2.11. The highest BCUT2D eigenvalue weighted by atomic mass is 32.2. The van der Waals surface area contributed by atoms with Gasteiger partial charge >= 0.3 is 0 Å². The Balaban J connectivity index is 1.97. The van der Waals surface area contributed by atoms with Crippen LogP contribution < -0.4 is 10.5 Å². The van der Waals surface area contributed by atoms with Crippen LogP contribution in [0.15, 0.2) is 47.4 Å². The molecule has 0 bridgehead atoms. The maximum Gasteiger partial charge on any atom is 0.238 e. The molecule has 124 valence electrons. The van der Waals surface area contributed by atoms with Crippen molar-refractivity contribution in [2.24, 2.45) is 5.14 Å². The van der Waals surface area contributed by atoms with E-state index in [-0.39, 0.29) is 10.9 Å². The summed E-state index contributed by atoms with van der Waals surface area (Å²) in [5, 5.41) is 8.32. The summed E-state index contributed by atoms with van der Waals surface area (Å²) in [7, 11) is -3.74. The number of benzene rings is 2. The van der Waals surface area contributed by atoms with Crippen LogP contribution in [0.5, 0.6) is 0 Å². The zero-order valence-corrected chi connectivity index (χ0v) is 13.4. The molecular weight excluding hydrogens is 322 g/mol. The van der Waals surface area contributed by atoms with E-state index in [4.69, 9.17) is 5.14 Å². The van der Waals surface area contributed by atoms with Gasteiger partial charge in [-0.1, -0.05) is 18.2 Å². The standard InChI is InChI=1S/C16H18F2N2O2S/c1-11(13-3-2-4-14(10-13)23(19,21)22)20-8-7-12-5-6-15(17)16(18)9-12/h2-6,9-11,20H,7-8H2,1H3,(H2,19,21,22). The summed E-state index contributed by atoms with van der Waals surface area (Å²) in [4.78, 5) is 0.0595. The van der Waals surface area contributed by atoms with Crippen molar-refractivity contribution in [2.75, 3.05) is 6.54 Å². The number of nitrogens with one attached hydrogen (secondary N) is 1. The average molecular weight is 340 g/mol. The SMILES string of the molecule is CC(NCCc1ccc(F)c(F)c1)c1cccc(S(N)(=O)=O)c1. The van der Waals surface area contributed by atoms with Crippen molar-refractivity contribution in [1.82, 2.24) is 5.32 Å². The zero-order chi connectivity index (χ0) is 17.0. The number of sulfonamides is 1. The van der Waals surface area contributed by atoms with Crippen LogP contribution in [0.25, 0.3) is 0 Å². The topological polar surface area (TPSA) is 72.2 Å². The molecule has 0 saturated heterocycles. The summed E-state index contributed by atoms with van der Waals surface area (Å²) in [6.45, 7) is 2.42. The largest absolute Gasteiger partial charge is 0.310 e. The van der Waals surface area contributed by atoms with Crippen LogP contribution in [0.3, 0.4) is 0 Å². The molecule has 2 aromatic carbocycles. The number of nitrogens with two attached hydrogens (primary N) is 1. The highest BCUT2D eigenvalue weighted by Crippen LogP contribution is 2.17. The first-order valence-corrected chi connectivity index (χ1v) is 8.62. The molecule has 0 aliphatic carbocycles. The minimum Gasteiger partial charge on any atom is -0.310 e. The Hall–Kier alpha value is -1.83. The van der Waals surface area contributed by atoms with Crippen molar-refractivity contribution in [3.05, 3.63) is 65.2 Å². The third-order valence-corrected chi connectivity index (χ3v) is 4.45. The van der Waals surface area contributed by atoms with Gasteiger partial charge < -0.3 is 5.32 Å². The lowest BCUT2D eigenvalue weighted by Gasteiger charge is -2.15. The number of primary sulfonamides is 1. The van der Waals surface area contributed by atoms with E-state index in [1.165, 1.54) is 24.3 Å². The molecule has 0 saturated carbocycles. The second-order valence-electron chi connectivity index (χ2n) is 5.29. The number of hydrogen-bond acceptors (Lipinski definition) is 3. The summed E-state index contributed by atoms with van der Waals surface area (Å²) < 4.78 is 48.7. The van der Waals surface area contributed by atoms with Crippen LogP contribution in [0.2, 0.25) is 0 Å². The predicted octanol–water partition coefficient (Wildman–Crippen LogP) is 2.51. The molecule has 7 heteroatoms. The summed E-state index contributed by atoms with van der Waals surface area (Å²) in [5.41, 5.74) is 1.46. The first-order valence-electron chi connectivity index (χ1n) is 7.07. The van der Waals surface area contributed by atoms with E-state index in [9.17, 15) is 17.2 Å². The fraction of sp³-hybridized carbons (Fsp3) is 0.250. The molecule has 1 atom stereocenters. The van der Waals surface area contributed by atoms with Gasteiger partial charge in [0.05, 0.1) is 4.90 Å². The molecule has 1 unspecified atom stereocenters. The summed E-state index contributed by atoms with van der Waals surface area (Å²) >= 11 is 0. The van der Waals surface area contributed by atoms with Crippen molar-refractivity contribution in [1.29, 1.82) is 0 Å². The smallest absolute Gasteiger partial charge is 0.238 e. The Bertz CT molecular complexity index is 794. The van der Waals surface area contributed by atoms with Crippen LogP contribution in [0.1, 0.15) is 24.1 Å². The number of rotatable bonds is 6. The maximum absolute atomic E-state index is 13.1. The normalized spacial score (nSPS) is 13.0. The summed E-state index contributed by atoms with van der Waals surface area (Å²) in [6.07, 6.45) is 0.524. The Labute approximate surface area is 134 Å². The van der Waals surface area contributed by atoms with Gasteiger partial charge in [-0.05, 0) is 55.3 Å². The van der Waals surface area contributed by atoms with Crippen molar-refractivity contribution in [3.63, 3.8) is 0 Å². The van der Waals surface area contributed by atoms with Gasteiger partial charge in [0.2, 0.25) is 10.0 Å². The Kier molecular flexibility index (Phi) is 5.46. The molecule has 2 aromatic rings. The molecule has 0 aromatic heterocycles. The Morgan fingerprint density at radius 1 is 1.13 bits per heavy atom. The van der Waals surface area contributed by atoms with Crippen LogP contribution in [0, 0.1) is 11.6 Å². The molecular formula is C16H18F2N2O2S. The second kappa shape index (κ2) is 7.16. The second-order valence-corrected chi connectivity index (χ2v) is 6.85. The van der Waals surface area contributed by atoms with Gasteiger partial charge in [0.25, 0.3) is 0 Å². The van der Waals surface area contributed by atoms with Gasteiger partial charge in [-0.3, -0.25) is 0 Å². The average Bonchev–Trinajstić information content (AvgIpc) is 2.50. The lowest BCUT2D eigenvalue weighted by atomic mass is 10.1. The van der Waals surface area contributed by atoms with E-state index in [0.29, 0.717) is 18.5 Å². The van der Waals surface area contributed by atoms with E-state index in [1.807, 2.05) is 6.92 Å².